The molecule has 114 valence electrons. The van der Waals surface area contributed by atoms with Crippen LogP contribution in [0.2, 0.25) is 0 Å². The van der Waals surface area contributed by atoms with Gasteiger partial charge in [0.05, 0.1) is 0 Å². The molecule has 2 nitrogen and oxygen atoms in total. The molecule has 0 fully saturated rings. The highest BCUT2D eigenvalue weighted by Crippen LogP contribution is 2.24. The number of unbranched alkanes of at least 4 members (excludes halogenated alkanes) is 2. The van der Waals surface area contributed by atoms with Gasteiger partial charge in [-0.3, -0.25) is 0 Å². The van der Waals surface area contributed by atoms with Crippen molar-refractivity contribution in [2.24, 2.45) is 0 Å². The normalized spacial score (nSPS) is 12.9. The maximum absolute atomic E-state index is 3.50. The molecule has 0 bridgehead atoms. The topological polar surface area (TPSA) is 15.3 Å². The van der Waals surface area contributed by atoms with Crippen LogP contribution in [0, 0.1) is 20.8 Å². The van der Waals surface area contributed by atoms with Gasteiger partial charge in [-0.15, -0.1) is 0 Å². The molecular weight excluding hydrogens is 244 g/mol. The van der Waals surface area contributed by atoms with Gasteiger partial charge in [-0.2, -0.15) is 0 Å². The van der Waals surface area contributed by atoms with E-state index in [-0.39, 0.29) is 0 Å². The Balaban J connectivity index is 2.76. The number of nitrogens with one attached hydrogen (secondary N) is 1. The number of aryl methyl sites for hydroxylation is 3. The summed E-state index contributed by atoms with van der Waals surface area (Å²) in [7, 11) is 4.31. The Labute approximate surface area is 125 Å². The molecule has 0 aliphatic carbocycles. The largest absolute Gasteiger partial charge is 0.312 e. The molecule has 0 aromatic heterocycles. The summed E-state index contributed by atoms with van der Waals surface area (Å²) in [4.78, 5) is 2.45. The van der Waals surface area contributed by atoms with Gasteiger partial charge >= 0.3 is 0 Å². The van der Waals surface area contributed by atoms with Crippen molar-refractivity contribution in [3.05, 3.63) is 34.4 Å². The summed E-state index contributed by atoms with van der Waals surface area (Å²) >= 11 is 0. The van der Waals surface area contributed by atoms with Crippen molar-refractivity contribution in [3.63, 3.8) is 0 Å². The summed E-state index contributed by atoms with van der Waals surface area (Å²) in [5.74, 6) is 0. The molecule has 0 radical (unpaired) electrons. The summed E-state index contributed by atoms with van der Waals surface area (Å²) < 4.78 is 0. The Morgan fingerprint density at radius 3 is 2.20 bits per heavy atom. The van der Waals surface area contributed by atoms with Gasteiger partial charge in [0.1, 0.15) is 0 Å². The van der Waals surface area contributed by atoms with Gasteiger partial charge in [-0.25, -0.2) is 0 Å². The number of hydrogen-bond donors (Lipinski definition) is 1. The van der Waals surface area contributed by atoms with Crippen molar-refractivity contribution in [1.29, 1.82) is 0 Å². The van der Waals surface area contributed by atoms with Crippen molar-refractivity contribution in [1.82, 2.24) is 10.2 Å². The van der Waals surface area contributed by atoms with Crippen LogP contribution >= 0.6 is 0 Å². The van der Waals surface area contributed by atoms with Gasteiger partial charge < -0.3 is 10.2 Å². The Kier molecular flexibility index (Phi) is 7.25. The first-order valence-electron chi connectivity index (χ1n) is 7.93. The van der Waals surface area contributed by atoms with Crippen molar-refractivity contribution in [3.8, 4) is 0 Å². The molecule has 0 spiro atoms. The first-order valence-corrected chi connectivity index (χ1v) is 7.93. The van der Waals surface area contributed by atoms with Crippen molar-refractivity contribution < 1.29 is 0 Å². The van der Waals surface area contributed by atoms with Crippen molar-refractivity contribution in [2.45, 2.75) is 53.0 Å². The molecule has 1 rings (SSSR count). The maximum Gasteiger partial charge on any atom is 0.0452 e. The number of rotatable bonds is 8. The lowest BCUT2D eigenvalue weighted by molar-refractivity contribution is 0.290. The van der Waals surface area contributed by atoms with Gasteiger partial charge in [-0.05, 0) is 64.5 Å². The van der Waals surface area contributed by atoms with Crippen LogP contribution in [0.15, 0.2) is 12.1 Å². The Hall–Kier alpha value is -0.860. The summed E-state index contributed by atoms with van der Waals surface area (Å²) in [6.07, 6.45) is 3.92. The number of nitrogens with zero attached hydrogens (tertiary/aromatic N) is 1. The quantitative estimate of drug-likeness (QED) is 0.722. The van der Waals surface area contributed by atoms with E-state index < -0.39 is 0 Å². The van der Waals surface area contributed by atoms with E-state index in [4.69, 9.17) is 0 Å². The fraction of sp³-hybridized carbons (Fsp3) is 0.667. The Morgan fingerprint density at radius 1 is 1.10 bits per heavy atom. The van der Waals surface area contributed by atoms with Crippen LogP contribution in [0.4, 0.5) is 0 Å². The standard InChI is InChI=1S/C18H32N2/c1-7-8-9-10-20(6)13-17(19-5)18-15(3)11-14(2)12-16(18)4/h11-12,17,19H,7-10,13H2,1-6H3. The first kappa shape index (κ1) is 17.2. The highest BCUT2D eigenvalue weighted by molar-refractivity contribution is 5.39. The molecule has 0 heterocycles. The predicted octanol–water partition coefficient (Wildman–Crippen LogP) is 3.99. The Bertz CT molecular complexity index is 389. The minimum atomic E-state index is 0.419. The third kappa shape index (κ3) is 4.92. The molecule has 0 aliphatic rings. The molecule has 0 saturated heterocycles. The van der Waals surface area contributed by atoms with E-state index in [0.717, 1.165) is 6.54 Å². The lowest BCUT2D eigenvalue weighted by atomic mass is 9.93. The second-order valence-corrected chi connectivity index (χ2v) is 6.12. The summed E-state index contributed by atoms with van der Waals surface area (Å²) in [6, 6.07) is 5.01. The molecule has 1 aromatic carbocycles. The van der Waals surface area contributed by atoms with Gasteiger partial charge in [-0.1, -0.05) is 37.5 Å². The van der Waals surface area contributed by atoms with Crippen LogP contribution in [-0.2, 0) is 0 Å². The highest BCUT2D eigenvalue weighted by atomic mass is 15.1. The van der Waals surface area contributed by atoms with E-state index in [1.54, 1.807) is 0 Å². The van der Waals surface area contributed by atoms with Crippen LogP contribution in [0.1, 0.15) is 54.5 Å². The van der Waals surface area contributed by atoms with E-state index in [1.165, 1.54) is 48.1 Å². The van der Waals surface area contributed by atoms with E-state index in [0.29, 0.717) is 6.04 Å². The highest BCUT2D eigenvalue weighted by Gasteiger charge is 2.16. The SMILES string of the molecule is CCCCCN(C)CC(NC)c1c(C)cc(C)cc1C. The molecule has 1 aromatic rings. The molecule has 1 atom stereocenters. The summed E-state index contributed by atoms with van der Waals surface area (Å²) in [5, 5.41) is 3.50. The second kappa shape index (κ2) is 8.43. The van der Waals surface area contributed by atoms with Crippen LogP contribution in [0.5, 0.6) is 0 Å². The number of benzene rings is 1. The van der Waals surface area contributed by atoms with E-state index in [9.17, 15) is 0 Å². The molecule has 1 unspecified atom stereocenters. The molecule has 0 saturated carbocycles. The predicted molar refractivity (Wildman–Crippen MR) is 89.5 cm³/mol. The van der Waals surface area contributed by atoms with Crippen LogP contribution < -0.4 is 5.32 Å². The van der Waals surface area contributed by atoms with Crippen molar-refractivity contribution >= 4 is 0 Å². The fourth-order valence-electron chi connectivity index (χ4n) is 3.10. The van der Waals surface area contributed by atoms with E-state index >= 15 is 0 Å². The fourth-order valence-corrected chi connectivity index (χ4v) is 3.10. The van der Waals surface area contributed by atoms with Gasteiger partial charge in [0.2, 0.25) is 0 Å². The minimum Gasteiger partial charge on any atom is -0.312 e. The smallest absolute Gasteiger partial charge is 0.0452 e. The zero-order chi connectivity index (χ0) is 15.1. The summed E-state index contributed by atoms with van der Waals surface area (Å²) in [5.41, 5.74) is 5.64. The average molecular weight is 276 g/mol. The molecule has 0 aliphatic heterocycles. The third-order valence-corrected chi connectivity index (χ3v) is 4.07. The zero-order valence-electron chi connectivity index (χ0n) is 14.2. The Morgan fingerprint density at radius 2 is 1.70 bits per heavy atom. The molecule has 0 amide bonds. The van der Waals surface area contributed by atoms with Crippen LogP contribution in [0.3, 0.4) is 0 Å². The van der Waals surface area contributed by atoms with E-state index in [1.807, 2.05) is 0 Å². The minimum absolute atomic E-state index is 0.419. The second-order valence-electron chi connectivity index (χ2n) is 6.12. The first-order chi connectivity index (χ1) is 9.49. The number of likely N-dealkylation sites (N-methyl/N-ethyl adjacent to an activating group) is 2. The molecule has 1 N–H and O–H groups in total. The van der Waals surface area contributed by atoms with Crippen LogP contribution in [-0.4, -0.2) is 32.1 Å². The summed E-state index contributed by atoms with van der Waals surface area (Å²) in [6.45, 7) is 11.2. The average Bonchev–Trinajstić information content (AvgIpc) is 2.36. The molecule has 20 heavy (non-hydrogen) atoms. The third-order valence-electron chi connectivity index (χ3n) is 4.07. The molecule has 2 heteroatoms. The van der Waals surface area contributed by atoms with Gasteiger partial charge in [0, 0.05) is 12.6 Å². The lowest BCUT2D eigenvalue weighted by Crippen LogP contribution is -2.32. The van der Waals surface area contributed by atoms with Crippen molar-refractivity contribution in [2.75, 3.05) is 27.2 Å². The lowest BCUT2D eigenvalue weighted by Gasteiger charge is -2.27. The zero-order valence-corrected chi connectivity index (χ0v) is 14.2. The van der Waals surface area contributed by atoms with Gasteiger partial charge in [0.15, 0.2) is 0 Å². The maximum atomic E-state index is 3.50. The number of hydrogen-bond acceptors (Lipinski definition) is 2. The van der Waals surface area contributed by atoms with Gasteiger partial charge in [0.25, 0.3) is 0 Å². The van der Waals surface area contributed by atoms with Crippen LogP contribution in [0.25, 0.3) is 0 Å². The monoisotopic (exact) mass is 276 g/mol. The van der Waals surface area contributed by atoms with E-state index in [2.05, 4.69) is 64.1 Å². The molecular formula is C18H32N2.